The molecule has 0 aliphatic carbocycles. The van der Waals surface area contributed by atoms with Crippen LogP contribution in [0.3, 0.4) is 0 Å². The van der Waals surface area contributed by atoms with Crippen LogP contribution in [-0.4, -0.2) is 62.6 Å². The van der Waals surface area contributed by atoms with Gasteiger partial charge in [-0.1, -0.05) is 29.8 Å². The van der Waals surface area contributed by atoms with Crippen LogP contribution in [0.2, 0.25) is 5.02 Å². The first kappa shape index (κ1) is 19.5. The van der Waals surface area contributed by atoms with Crippen molar-refractivity contribution in [3.8, 4) is 5.75 Å². The second-order valence-electron chi connectivity index (χ2n) is 6.96. The molecule has 0 radical (unpaired) electrons. The fraction of sp³-hybridized carbons (Fsp3) is 0.381. The van der Waals surface area contributed by atoms with E-state index >= 15 is 0 Å². The molecule has 1 fully saturated rings. The number of rotatable bonds is 6. The lowest BCUT2D eigenvalue weighted by Crippen LogP contribution is -2.49. The van der Waals surface area contributed by atoms with Crippen LogP contribution >= 0.6 is 11.6 Å². The quantitative estimate of drug-likeness (QED) is 0.763. The largest absolute Gasteiger partial charge is 0.484 e. The molecule has 1 amide bonds. The number of anilines is 1. The van der Waals surface area contributed by atoms with Gasteiger partial charge in [-0.15, -0.1) is 0 Å². The summed E-state index contributed by atoms with van der Waals surface area (Å²) in [6, 6.07) is 15.7. The number of hydrogen-bond donors (Lipinski definition) is 0. The highest BCUT2D eigenvalue weighted by Gasteiger charge is 2.21. The van der Waals surface area contributed by atoms with Crippen molar-refractivity contribution in [3.05, 3.63) is 59.1 Å². The summed E-state index contributed by atoms with van der Waals surface area (Å²) in [6.45, 7) is 4.15. The van der Waals surface area contributed by atoms with Gasteiger partial charge in [-0.3, -0.25) is 9.69 Å². The number of carbonyl (C=O) groups excluding carboxylic acids is 1. The summed E-state index contributed by atoms with van der Waals surface area (Å²) in [7, 11) is 3.96. The van der Waals surface area contributed by atoms with Crippen molar-refractivity contribution in [2.45, 2.75) is 6.54 Å². The molecule has 27 heavy (non-hydrogen) atoms. The van der Waals surface area contributed by atoms with Gasteiger partial charge in [-0.2, -0.15) is 0 Å². The van der Waals surface area contributed by atoms with Gasteiger partial charge in [0.1, 0.15) is 5.75 Å². The van der Waals surface area contributed by atoms with E-state index in [4.69, 9.17) is 16.3 Å². The van der Waals surface area contributed by atoms with E-state index in [0.717, 1.165) is 49.2 Å². The summed E-state index contributed by atoms with van der Waals surface area (Å²) in [6.07, 6.45) is 0. The van der Waals surface area contributed by atoms with Gasteiger partial charge in [0.2, 0.25) is 0 Å². The first-order valence-corrected chi connectivity index (χ1v) is 9.54. The third kappa shape index (κ3) is 5.62. The Labute approximate surface area is 166 Å². The van der Waals surface area contributed by atoms with Gasteiger partial charge < -0.3 is 14.5 Å². The smallest absolute Gasteiger partial charge is 0.260 e. The molecule has 0 aromatic heterocycles. The number of carbonyl (C=O) groups is 1. The Hall–Kier alpha value is -2.24. The summed E-state index contributed by atoms with van der Waals surface area (Å²) in [5.74, 6) is 0.757. The SMILES string of the molecule is CN(C)c1cccc(OCC(=O)N2CCN(Cc3ccc(Cl)cc3)CC2)c1. The van der Waals surface area contributed by atoms with Crippen molar-refractivity contribution < 1.29 is 9.53 Å². The maximum atomic E-state index is 12.5. The zero-order valence-corrected chi connectivity index (χ0v) is 16.7. The molecule has 0 atom stereocenters. The normalized spacial score (nSPS) is 14.9. The van der Waals surface area contributed by atoms with Gasteiger partial charge in [0.05, 0.1) is 0 Å². The number of ether oxygens (including phenoxy) is 1. The van der Waals surface area contributed by atoms with Gasteiger partial charge in [0.25, 0.3) is 5.91 Å². The highest BCUT2D eigenvalue weighted by Crippen LogP contribution is 2.19. The molecule has 1 heterocycles. The predicted molar refractivity (Wildman–Crippen MR) is 110 cm³/mol. The third-order valence-corrected chi connectivity index (χ3v) is 4.99. The summed E-state index contributed by atoms with van der Waals surface area (Å²) >= 11 is 5.93. The Morgan fingerprint density at radius 2 is 1.78 bits per heavy atom. The molecule has 2 aromatic rings. The van der Waals surface area contributed by atoms with E-state index in [1.165, 1.54) is 5.56 Å². The first-order chi connectivity index (χ1) is 13.0. The average Bonchev–Trinajstić information content (AvgIpc) is 2.68. The molecular formula is C21H26ClN3O2. The molecule has 1 aliphatic rings. The lowest BCUT2D eigenvalue weighted by Gasteiger charge is -2.34. The van der Waals surface area contributed by atoms with Crippen molar-refractivity contribution >= 4 is 23.2 Å². The molecule has 0 spiro atoms. The van der Waals surface area contributed by atoms with E-state index in [2.05, 4.69) is 17.0 Å². The molecule has 0 unspecified atom stereocenters. The second-order valence-corrected chi connectivity index (χ2v) is 7.40. The van der Waals surface area contributed by atoms with E-state index in [-0.39, 0.29) is 12.5 Å². The minimum atomic E-state index is 0.0383. The molecule has 0 saturated carbocycles. The minimum absolute atomic E-state index is 0.0383. The lowest BCUT2D eigenvalue weighted by molar-refractivity contribution is -0.135. The summed E-state index contributed by atoms with van der Waals surface area (Å²) in [5.41, 5.74) is 2.29. The fourth-order valence-electron chi connectivity index (χ4n) is 3.09. The zero-order valence-electron chi connectivity index (χ0n) is 15.9. The molecule has 6 heteroatoms. The van der Waals surface area contributed by atoms with Crippen molar-refractivity contribution in [2.24, 2.45) is 0 Å². The maximum Gasteiger partial charge on any atom is 0.260 e. The minimum Gasteiger partial charge on any atom is -0.484 e. The second kappa shape index (κ2) is 9.11. The van der Waals surface area contributed by atoms with Crippen LogP contribution in [-0.2, 0) is 11.3 Å². The maximum absolute atomic E-state index is 12.5. The Bertz CT molecular complexity index is 756. The molecule has 3 rings (SSSR count). The monoisotopic (exact) mass is 387 g/mol. The molecular weight excluding hydrogens is 362 g/mol. The van der Waals surface area contributed by atoms with Crippen molar-refractivity contribution in [1.82, 2.24) is 9.80 Å². The molecule has 144 valence electrons. The number of amides is 1. The Kier molecular flexibility index (Phi) is 6.58. The van der Waals surface area contributed by atoms with E-state index in [9.17, 15) is 4.79 Å². The number of benzene rings is 2. The fourth-order valence-corrected chi connectivity index (χ4v) is 3.22. The average molecular weight is 388 g/mol. The van der Waals surface area contributed by atoms with Crippen molar-refractivity contribution in [1.29, 1.82) is 0 Å². The van der Waals surface area contributed by atoms with E-state index < -0.39 is 0 Å². The van der Waals surface area contributed by atoms with E-state index in [1.807, 2.05) is 60.3 Å². The standard InChI is InChI=1S/C21H26ClN3O2/c1-23(2)19-4-3-5-20(14-19)27-16-21(26)25-12-10-24(11-13-25)15-17-6-8-18(22)9-7-17/h3-9,14H,10-13,15-16H2,1-2H3. The van der Waals surface area contributed by atoms with E-state index in [1.54, 1.807) is 0 Å². The van der Waals surface area contributed by atoms with Crippen LogP contribution in [0.1, 0.15) is 5.56 Å². The van der Waals surface area contributed by atoms with Gasteiger partial charge in [-0.05, 0) is 29.8 Å². The summed E-state index contributed by atoms with van der Waals surface area (Å²) < 4.78 is 5.70. The predicted octanol–water partition coefficient (Wildman–Crippen LogP) is 3.13. The molecule has 0 N–H and O–H groups in total. The summed E-state index contributed by atoms with van der Waals surface area (Å²) in [4.78, 5) is 18.7. The van der Waals surface area contributed by atoms with Crippen molar-refractivity contribution in [3.63, 3.8) is 0 Å². The number of hydrogen-bond acceptors (Lipinski definition) is 4. The molecule has 0 bridgehead atoms. The topological polar surface area (TPSA) is 36.0 Å². The van der Waals surface area contributed by atoms with Gasteiger partial charge in [0, 0.05) is 63.6 Å². The van der Waals surface area contributed by atoms with Gasteiger partial charge >= 0.3 is 0 Å². The van der Waals surface area contributed by atoms with Crippen LogP contribution in [0.25, 0.3) is 0 Å². The Morgan fingerprint density at radius 3 is 2.44 bits per heavy atom. The van der Waals surface area contributed by atoms with Gasteiger partial charge in [-0.25, -0.2) is 0 Å². The van der Waals surface area contributed by atoms with Crippen LogP contribution in [0.15, 0.2) is 48.5 Å². The highest BCUT2D eigenvalue weighted by molar-refractivity contribution is 6.30. The molecule has 1 saturated heterocycles. The first-order valence-electron chi connectivity index (χ1n) is 9.16. The van der Waals surface area contributed by atoms with E-state index in [0.29, 0.717) is 0 Å². The van der Waals surface area contributed by atoms with Crippen molar-refractivity contribution in [2.75, 3.05) is 51.8 Å². The Balaban J connectivity index is 1.44. The third-order valence-electron chi connectivity index (χ3n) is 4.74. The number of halogens is 1. The zero-order chi connectivity index (χ0) is 19.2. The molecule has 5 nitrogen and oxygen atoms in total. The van der Waals surface area contributed by atoms with Crippen LogP contribution < -0.4 is 9.64 Å². The summed E-state index contributed by atoms with van der Waals surface area (Å²) in [5, 5.41) is 0.755. The van der Waals surface area contributed by atoms with Gasteiger partial charge in [0.15, 0.2) is 6.61 Å². The van der Waals surface area contributed by atoms with Crippen LogP contribution in [0, 0.1) is 0 Å². The Morgan fingerprint density at radius 1 is 1.07 bits per heavy atom. The highest BCUT2D eigenvalue weighted by atomic mass is 35.5. The lowest BCUT2D eigenvalue weighted by atomic mass is 10.2. The van der Waals surface area contributed by atoms with Crippen LogP contribution in [0.4, 0.5) is 5.69 Å². The molecule has 2 aromatic carbocycles. The molecule has 1 aliphatic heterocycles. The number of piperazine rings is 1. The van der Waals surface area contributed by atoms with Crippen LogP contribution in [0.5, 0.6) is 5.75 Å². The number of nitrogens with zero attached hydrogens (tertiary/aromatic N) is 3.